The number of rotatable bonds is 8. The Hall–Kier alpha value is -1.30. The van der Waals surface area contributed by atoms with E-state index < -0.39 is 11.4 Å². The van der Waals surface area contributed by atoms with Gasteiger partial charge in [-0.25, -0.2) is 4.79 Å². The molecule has 116 valence electrons. The highest BCUT2D eigenvalue weighted by Crippen LogP contribution is 2.40. The number of ether oxygens (including phenoxy) is 1. The molecule has 1 aliphatic rings. The number of carbonyl (C=O) groups excluding carboxylic acids is 1. The molecule has 0 saturated heterocycles. The van der Waals surface area contributed by atoms with Gasteiger partial charge in [-0.1, -0.05) is 20.3 Å². The van der Waals surface area contributed by atoms with Gasteiger partial charge in [0.15, 0.2) is 0 Å². The van der Waals surface area contributed by atoms with E-state index in [1.165, 1.54) is 0 Å². The van der Waals surface area contributed by atoms with Crippen molar-refractivity contribution in [3.8, 4) is 0 Å². The first kappa shape index (κ1) is 16.8. The molecule has 1 atom stereocenters. The lowest BCUT2D eigenvalue weighted by Gasteiger charge is -2.37. The van der Waals surface area contributed by atoms with E-state index in [0.717, 1.165) is 6.42 Å². The van der Waals surface area contributed by atoms with Gasteiger partial charge in [-0.05, 0) is 25.7 Å². The Morgan fingerprint density at radius 3 is 2.40 bits per heavy atom. The van der Waals surface area contributed by atoms with Crippen LogP contribution < -0.4 is 10.6 Å². The number of carboxylic acids is 1. The molecule has 0 radical (unpaired) electrons. The quantitative estimate of drug-likeness (QED) is 0.632. The van der Waals surface area contributed by atoms with Crippen LogP contribution in [0.5, 0.6) is 0 Å². The summed E-state index contributed by atoms with van der Waals surface area (Å²) in [7, 11) is 0. The molecule has 0 aromatic rings. The maximum Gasteiger partial charge on any atom is 0.315 e. The summed E-state index contributed by atoms with van der Waals surface area (Å²) >= 11 is 0. The minimum Gasteiger partial charge on any atom is -0.481 e. The third kappa shape index (κ3) is 4.37. The summed E-state index contributed by atoms with van der Waals surface area (Å²) in [5.74, 6) is -0.566. The largest absolute Gasteiger partial charge is 0.481 e. The van der Waals surface area contributed by atoms with Crippen LogP contribution in [0.25, 0.3) is 0 Å². The first-order chi connectivity index (χ1) is 9.41. The zero-order valence-electron chi connectivity index (χ0n) is 12.6. The van der Waals surface area contributed by atoms with Crippen molar-refractivity contribution in [2.24, 2.45) is 11.3 Å². The van der Waals surface area contributed by atoms with E-state index in [9.17, 15) is 14.7 Å². The predicted octanol–water partition coefficient (Wildman–Crippen LogP) is 1.60. The third-order valence-electron chi connectivity index (χ3n) is 3.97. The maximum atomic E-state index is 11.9. The average molecular weight is 286 g/mol. The summed E-state index contributed by atoms with van der Waals surface area (Å²) in [6.45, 7) is 7.18. The molecule has 0 bridgehead atoms. The van der Waals surface area contributed by atoms with Gasteiger partial charge in [0.05, 0.1) is 18.1 Å². The van der Waals surface area contributed by atoms with Gasteiger partial charge in [0.1, 0.15) is 0 Å². The van der Waals surface area contributed by atoms with Gasteiger partial charge in [-0.3, -0.25) is 4.79 Å². The van der Waals surface area contributed by atoms with E-state index in [0.29, 0.717) is 26.1 Å². The molecule has 0 aliphatic heterocycles. The van der Waals surface area contributed by atoms with Crippen molar-refractivity contribution in [2.45, 2.75) is 46.1 Å². The number of hydrogen-bond acceptors (Lipinski definition) is 3. The molecule has 1 saturated carbocycles. The van der Waals surface area contributed by atoms with Crippen LogP contribution in [0.2, 0.25) is 0 Å². The highest BCUT2D eigenvalue weighted by Gasteiger charge is 2.44. The van der Waals surface area contributed by atoms with Crippen LogP contribution in [-0.4, -0.2) is 42.9 Å². The van der Waals surface area contributed by atoms with E-state index in [2.05, 4.69) is 10.6 Å². The van der Waals surface area contributed by atoms with E-state index in [-0.39, 0.29) is 24.5 Å². The number of nitrogens with one attached hydrogen (secondary N) is 2. The van der Waals surface area contributed by atoms with Crippen molar-refractivity contribution in [1.82, 2.24) is 10.6 Å². The van der Waals surface area contributed by atoms with Gasteiger partial charge >= 0.3 is 12.0 Å². The fraction of sp³-hybridized carbons (Fsp3) is 0.857. The summed E-state index contributed by atoms with van der Waals surface area (Å²) in [5.41, 5.74) is -0.759. The Balaban J connectivity index is 2.39. The topological polar surface area (TPSA) is 87.7 Å². The molecule has 3 N–H and O–H groups in total. The van der Waals surface area contributed by atoms with Crippen LogP contribution >= 0.6 is 0 Å². The standard InChI is InChI=1S/C14H26N2O4/c1-4-20-8-11(10(2)3)16-13(19)15-9-14(12(17)18)6-5-7-14/h10-11H,4-9H2,1-3H3,(H,17,18)(H2,15,16,19). The van der Waals surface area contributed by atoms with Gasteiger partial charge in [0, 0.05) is 13.2 Å². The van der Waals surface area contributed by atoms with Gasteiger partial charge in [0.25, 0.3) is 0 Å². The molecule has 0 spiro atoms. The van der Waals surface area contributed by atoms with E-state index in [1.807, 2.05) is 20.8 Å². The number of urea groups is 1. The van der Waals surface area contributed by atoms with Crippen LogP contribution in [0.4, 0.5) is 4.79 Å². The number of hydrogen-bond donors (Lipinski definition) is 3. The Kier molecular flexibility index (Phi) is 6.26. The SMILES string of the molecule is CCOCC(NC(=O)NCC1(C(=O)O)CCC1)C(C)C. The van der Waals surface area contributed by atoms with Crippen LogP contribution in [-0.2, 0) is 9.53 Å². The maximum absolute atomic E-state index is 11.9. The molecular weight excluding hydrogens is 260 g/mol. The molecule has 0 aromatic carbocycles. The molecule has 0 aromatic heterocycles. The first-order valence-electron chi connectivity index (χ1n) is 7.27. The highest BCUT2D eigenvalue weighted by molar-refractivity contribution is 5.79. The summed E-state index contributed by atoms with van der Waals surface area (Å²) in [6.07, 6.45) is 2.18. The molecule has 1 aliphatic carbocycles. The molecule has 20 heavy (non-hydrogen) atoms. The van der Waals surface area contributed by atoms with Gasteiger partial charge in [-0.15, -0.1) is 0 Å². The number of aliphatic carboxylic acids is 1. The van der Waals surface area contributed by atoms with Crippen molar-refractivity contribution in [2.75, 3.05) is 19.8 Å². The summed E-state index contributed by atoms with van der Waals surface area (Å²) < 4.78 is 5.34. The lowest BCUT2D eigenvalue weighted by Crippen LogP contribution is -2.52. The van der Waals surface area contributed by atoms with Crippen molar-refractivity contribution in [3.05, 3.63) is 0 Å². The Bertz CT molecular complexity index is 340. The average Bonchev–Trinajstić information content (AvgIpc) is 2.32. The fourth-order valence-corrected chi connectivity index (χ4v) is 2.18. The highest BCUT2D eigenvalue weighted by atomic mass is 16.5. The van der Waals surface area contributed by atoms with Gasteiger partial charge in [0.2, 0.25) is 0 Å². The second kappa shape index (κ2) is 7.47. The smallest absolute Gasteiger partial charge is 0.315 e. The minimum absolute atomic E-state index is 0.0721. The number of carbonyl (C=O) groups is 2. The third-order valence-corrected chi connectivity index (χ3v) is 3.97. The van der Waals surface area contributed by atoms with Crippen molar-refractivity contribution in [3.63, 3.8) is 0 Å². The van der Waals surface area contributed by atoms with Crippen molar-refractivity contribution < 1.29 is 19.4 Å². The summed E-state index contributed by atoms with van der Waals surface area (Å²) in [5, 5.41) is 14.7. The first-order valence-corrected chi connectivity index (χ1v) is 7.27. The molecular formula is C14H26N2O4. The van der Waals surface area contributed by atoms with Crippen LogP contribution in [0.3, 0.4) is 0 Å². The van der Waals surface area contributed by atoms with Crippen LogP contribution in [0.1, 0.15) is 40.0 Å². The zero-order chi connectivity index (χ0) is 15.2. The predicted molar refractivity (Wildman–Crippen MR) is 75.6 cm³/mol. The zero-order valence-corrected chi connectivity index (χ0v) is 12.6. The van der Waals surface area contributed by atoms with E-state index in [4.69, 9.17) is 4.74 Å². The molecule has 6 nitrogen and oxygen atoms in total. The summed E-state index contributed by atoms with van der Waals surface area (Å²) in [4.78, 5) is 23.1. The Morgan fingerprint density at radius 1 is 1.35 bits per heavy atom. The monoisotopic (exact) mass is 286 g/mol. The lowest BCUT2D eigenvalue weighted by atomic mass is 9.69. The van der Waals surface area contributed by atoms with Gasteiger partial charge < -0.3 is 20.5 Å². The lowest BCUT2D eigenvalue weighted by molar-refractivity contribution is -0.153. The molecule has 2 amide bonds. The van der Waals surface area contributed by atoms with Gasteiger partial charge in [-0.2, -0.15) is 0 Å². The summed E-state index contributed by atoms with van der Waals surface area (Å²) in [6, 6.07) is -0.395. The van der Waals surface area contributed by atoms with Crippen LogP contribution in [0, 0.1) is 11.3 Å². The van der Waals surface area contributed by atoms with Crippen molar-refractivity contribution >= 4 is 12.0 Å². The number of amides is 2. The van der Waals surface area contributed by atoms with Crippen LogP contribution in [0.15, 0.2) is 0 Å². The molecule has 6 heteroatoms. The Labute approximate surface area is 120 Å². The molecule has 0 heterocycles. The minimum atomic E-state index is -0.821. The van der Waals surface area contributed by atoms with E-state index >= 15 is 0 Å². The fourth-order valence-electron chi connectivity index (χ4n) is 2.18. The molecule has 1 fully saturated rings. The normalized spacial score (nSPS) is 18.2. The van der Waals surface area contributed by atoms with E-state index in [1.54, 1.807) is 0 Å². The Morgan fingerprint density at radius 2 is 2.00 bits per heavy atom. The second-order valence-electron chi connectivity index (χ2n) is 5.78. The number of carboxylic acid groups (broad SMARTS) is 1. The molecule has 1 unspecified atom stereocenters. The molecule has 1 rings (SSSR count). The van der Waals surface area contributed by atoms with Crippen molar-refractivity contribution in [1.29, 1.82) is 0 Å². The second-order valence-corrected chi connectivity index (χ2v) is 5.78.